The van der Waals surface area contributed by atoms with Gasteiger partial charge in [-0.1, -0.05) is 0 Å². The van der Waals surface area contributed by atoms with E-state index in [0.29, 0.717) is 0 Å². The fraction of sp³-hybridized carbons (Fsp3) is 0. The number of nitrogens with zero attached hydrogens (tertiary/aromatic N) is 2. The summed E-state index contributed by atoms with van der Waals surface area (Å²) < 4.78 is 0. The van der Waals surface area contributed by atoms with Gasteiger partial charge in [-0.05, 0) is 0 Å². The number of nitrogens with one attached hydrogen (secondary N) is 2. The van der Waals surface area contributed by atoms with E-state index in [2.05, 4.69) is 147 Å². The van der Waals surface area contributed by atoms with Crippen LogP contribution in [-0.4, -0.2) is 40.2 Å². The van der Waals surface area contributed by atoms with E-state index >= 15 is 0 Å². The molecular formula is C34H30N4P2Se2. The van der Waals surface area contributed by atoms with E-state index in [9.17, 15) is 0 Å². The van der Waals surface area contributed by atoms with Gasteiger partial charge in [0, 0.05) is 0 Å². The van der Waals surface area contributed by atoms with Crippen molar-refractivity contribution in [1.82, 2.24) is 9.97 Å². The Morgan fingerprint density at radius 3 is 0.857 bits per heavy atom. The predicted molar refractivity (Wildman–Crippen MR) is 185 cm³/mol. The molecule has 0 unspecified atom stereocenters. The molecular weight excluding hydrogens is 684 g/mol. The molecule has 0 fully saturated rings. The Morgan fingerprint density at radius 2 is 0.619 bits per heavy atom. The third-order valence-corrected chi connectivity index (χ3v) is 18.0. The second kappa shape index (κ2) is 14.7. The molecule has 4 aromatic carbocycles. The van der Waals surface area contributed by atoms with Gasteiger partial charge in [-0.2, -0.15) is 0 Å². The van der Waals surface area contributed by atoms with E-state index < -0.39 is 11.3 Å². The third-order valence-electron chi connectivity index (χ3n) is 6.35. The van der Waals surface area contributed by atoms with Crippen molar-refractivity contribution in [2.24, 2.45) is 0 Å². The monoisotopic (exact) mass is 716 g/mol. The Bertz CT molecular complexity index is 1540. The molecule has 0 saturated carbocycles. The zero-order chi connectivity index (χ0) is 29.1. The summed E-state index contributed by atoms with van der Waals surface area (Å²) in [5.41, 5.74) is -3.67. The summed E-state index contributed by atoms with van der Waals surface area (Å²) >= 11 is 6.86. The van der Waals surface area contributed by atoms with Crippen molar-refractivity contribution in [2.45, 2.75) is 0 Å². The molecule has 0 bridgehead atoms. The van der Waals surface area contributed by atoms with Gasteiger partial charge in [-0.3, -0.25) is 0 Å². The van der Waals surface area contributed by atoms with Crippen molar-refractivity contribution >= 4 is 74.4 Å². The molecule has 0 aliphatic rings. The van der Waals surface area contributed by atoms with Crippen molar-refractivity contribution in [3.63, 3.8) is 0 Å². The molecule has 42 heavy (non-hydrogen) atoms. The maximum absolute atomic E-state index is 4.41. The van der Waals surface area contributed by atoms with Gasteiger partial charge in [-0.25, -0.2) is 0 Å². The zero-order valence-corrected chi connectivity index (χ0v) is 28.0. The number of benzene rings is 4. The molecule has 0 radical (unpaired) electrons. The summed E-state index contributed by atoms with van der Waals surface area (Å²) in [5, 5.41) is 12.3. The molecule has 4 nitrogen and oxygen atoms in total. The molecule has 0 spiro atoms. The van der Waals surface area contributed by atoms with Gasteiger partial charge in [0.1, 0.15) is 0 Å². The average Bonchev–Trinajstić information content (AvgIpc) is 3.07. The number of pyridine rings is 2. The minimum atomic E-state index is -1.83. The van der Waals surface area contributed by atoms with Gasteiger partial charge in [0.05, 0.1) is 0 Å². The van der Waals surface area contributed by atoms with Gasteiger partial charge in [0.15, 0.2) is 0 Å². The van der Waals surface area contributed by atoms with E-state index in [1.54, 1.807) is 0 Å². The first-order valence-corrected chi connectivity index (χ1v) is 21.4. The van der Waals surface area contributed by atoms with Crippen LogP contribution in [0.3, 0.4) is 0 Å². The van der Waals surface area contributed by atoms with Crippen molar-refractivity contribution in [3.05, 3.63) is 170 Å². The van der Waals surface area contributed by atoms with E-state index in [-0.39, 0.29) is 0 Å². The number of aromatic nitrogens is 2. The molecule has 6 aromatic rings. The van der Waals surface area contributed by atoms with E-state index in [4.69, 9.17) is 0 Å². The molecule has 0 atom stereocenters. The first-order valence-electron chi connectivity index (χ1n) is 13.4. The maximum atomic E-state index is 4.41. The molecule has 6 rings (SSSR count). The van der Waals surface area contributed by atoms with Crippen molar-refractivity contribution in [1.29, 1.82) is 0 Å². The third kappa shape index (κ3) is 7.54. The van der Waals surface area contributed by atoms with Crippen LogP contribution in [0.2, 0.25) is 0 Å². The standard InChI is InChI=1S/2C17H15N2PSe/c2*21-20(15-9-3-1-4-10-15,16-11-5-2-6-12-16)19-17-13-7-8-14-18-17/h2*1-14H,(H,18,19,21). The fourth-order valence-corrected chi connectivity index (χ4v) is 12.9. The molecule has 2 N–H and O–H groups in total. The van der Waals surface area contributed by atoms with Crippen LogP contribution >= 0.6 is 11.3 Å². The molecule has 0 amide bonds. The van der Waals surface area contributed by atoms with Crippen LogP contribution in [0.1, 0.15) is 0 Å². The minimum absolute atomic E-state index is 0.886. The van der Waals surface area contributed by atoms with Crippen LogP contribution in [0.4, 0.5) is 11.6 Å². The summed E-state index contributed by atoms with van der Waals surface area (Å²) in [6.45, 7) is 0. The summed E-state index contributed by atoms with van der Waals surface area (Å²) in [5.74, 6) is 1.77. The Hall–Kier alpha value is -3.32. The molecule has 2 aromatic heterocycles. The Balaban J connectivity index is 0.000000168. The van der Waals surface area contributed by atoms with Gasteiger partial charge >= 0.3 is 265 Å². The zero-order valence-electron chi connectivity index (χ0n) is 22.8. The van der Waals surface area contributed by atoms with Crippen LogP contribution in [0.15, 0.2) is 170 Å². The van der Waals surface area contributed by atoms with E-state index in [0.717, 1.165) is 11.6 Å². The van der Waals surface area contributed by atoms with Crippen molar-refractivity contribution in [3.8, 4) is 0 Å². The Morgan fingerprint density at radius 1 is 0.357 bits per heavy atom. The first-order chi connectivity index (χ1) is 20.6. The quantitative estimate of drug-likeness (QED) is 0.143. The van der Waals surface area contributed by atoms with E-state index in [1.807, 2.05) is 73.1 Å². The summed E-state index contributed by atoms with van der Waals surface area (Å²) in [6, 6.07) is 53.9. The van der Waals surface area contributed by atoms with Crippen molar-refractivity contribution < 1.29 is 0 Å². The molecule has 0 aliphatic carbocycles. The van der Waals surface area contributed by atoms with Crippen LogP contribution in [0, 0.1) is 0 Å². The molecule has 0 aliphatic heterocycles. The summed E-state index contributed by atoms with van der Waals surface area (Å²) in [7, 11) is 0. The van der Waals surface area contributed by atoms with Gasteiger partial charge in [-0.15, -0.1) is 0 Å². The summed E-state index contributed by atoms with van der Waals surface area (Å²) in [4.78, 5) is 8.82. The Kier molecular flexibility index (Phi) is 10.6. The molecule has 0 saturated heterocycles. The number of hydrogen-bond donors (Lipinski definition) is 2. The van der Waals surface area contributed by atoms with Gasteiger partial charge < -0.3 is 0 Å². The van der Waals surface area contributed by atoms with Gasteiger partial charge in [0.25, 0.3) is 0 Å². The second-order valence-corrected chi connectivity index (χ2v) is 21.1. The van der Waals surface area contributed by atoms with Crippen LogP contribution in [-0.2, 0) is 0 Å². The van der Waals surface area contributed by atoms with E-state index in [1.165, 1.54) is 21.2 Å². The molecule has 208 valence electrons. The van der Waals surface area contributed by atoms with Crippen LogP contribution in [0.25, 0.3) is 0 Å². The van der Waals surface area contributed by atoms with Crippen LogP contribution in [0.5, 0.6) is 0 Å². The molecule has 2 heterocycles. The second-order valence-electron chi connectivity index (χ2n) is 9.21. The average molecular weight is 715 g/mol. The first kappa shape index (κ1) is 30.1. The number of hydrogen-bond acceptors (Lipinski definition) is 4. The number of anilines is 2. The normalized spacial score (nSPS) is 11.0. The SMILES string of the molecule is [Se]=P(Nc1ccccn1)(c1ccccc1)c1ccccc1.[Se]=P(Nc1ccccn1)(c1ccccc1)c1ccccc1. The summed E-state index contributed by atoms with van der Waals surface area (Å²) in [6.07, 6.45) is 3.62. The molecule has 8 heteroatoms. The van der Waals surface area contributed by atoms with Crippen LogP contribution < -0.4 is 31.4 Å². The fourth-order valence-electron chi connectivity index (χ4n) is 4.29. The Labute approximate surface area is 263 Å². The van der Waals surface area contributed by atoms with Crippen molar-refractivity contribution in [2.75, 3.05) is 10.2 Å². The predicted octanol–water partition coefficient (Wildman–Crippen LogP) is 6.32. The number of rotatable bonds is 8. The topological polar surface area (TPSA) is 49.8 Å². The van der Waals surface area contributed by atoms with Gasteiger partial charge in [0.2, 0.25) is 0 Å².